The van der Waals surface area contributed by atoms with Gasteiger partial charge in [-0.15, -0.1) is 0 Å². The number of aromatic nitrogens is 1. The van der Waals surface area contributed by atoms with Crippen molar-refractivity contribution in [2.45, 2.75) is 20.8 Å². The van der Waals surface area contributed by atoms with Crippen molar-refractivity contribution >= 4 is 21.9 Å². The summed E-state index contributed by atoms with van der Waals surface area (Å²) in [6.07, 6.45) is 0. The molecule has 1 aromatic rings. The summed E-state index contributed by atoms with van der Waals surface area (Å²) in [5.74, 6) is -0.314. The van der Waals surface area contributed by atoms with Crippen molar-refractivity contribution in [3.63, 3.8) is 0 Å². The number of aromatic amines is 1. The van der Waals surface area contributed by atoms with Gasteiger partial charge in [0.05, 0.1) is 11.1 Å². The molecule has 0 spiro atoms. The van der Waals surface area contributed by atoms with E-state index in [0.717, 1.165) is 15.7 Å². The van der Waals surface area contributed by atoms with E-state index in [9.17, 15) is 4.79 Å². The smallest absolute Gasteiger partial charge is 0.355 e. The van der Waals surface area contributed by atoms with Crippen LogP contribution >= 0.6 is 15.9 Å². The number of rotatable bonds is 2. The lowest BCUT2D eigenvalue weighted by molar-refractivity contribution is 0.0519. The summed E-state index contributed by atoms with van der Waals surface area (Å²) in [7, 11) is 0. The number of carbonyl (C=O) groups is 1. The molecule has 0 radical (unpaired) electrons. The first-order chi connectivity index (χ1) is 6.07. The van der Waals surface area contributed by atoms with Gasteiger partial charge in [0.15, 0.2) is 0 Å². The van der Waals surface area contributed by atoms with Gasteiger partial charge in [-0.2, -0.15) is 0 Å². The lowest BCUT2D eigenvalue weighted by atomic mass is 10.3. The second kappa shape index (κ2) is 3.96. The molecule has 1 rings (SSSR count). The van der Waals surface area contributed by atoms with Gasteiger partial charge in [-0.3, -0.25) is 0 Å². The van der Waals surface area contributed by atoms with E-state index in [1.807, 2.05) is 13.8 Å². The van der Waals surface area contributed by atoms with Gasteiger partial charge in [0.2, 0.25) is 0 Å². The molecule has 13 heavy (non-hydrogen) atoms. The predicted octanol–water partition coefficient (Wildman–Crippen LogP) is 2.57. The third-order valence-electron chi connectivity index (χ3n) is 1.90. The number of halogens is 1. The van der Waals surface area contributed by atoms with Crippen LogP contribution in [0.1, 0.15) is 28.7 Å². The first-order valence-electron chi connectivity index (χ1n) is 4.09. The fourth-order valence-corrected chi connectivity index (χ4v) is 1.59. The fraction of sp³-hybridized carbons (Fsp3) is 0.444. The Bertz CT molecular complexity index is 331. The maximum atomic E-state index is 11.3. The first-order valence-corrected chi connectivity index (χ1v) is 4.89. The molecule has 1 aromatic heterocycles. The van der Waals surface area contributed by atoms with Gasteiger partial charge >= 0.3 is 5.97 Å². The van der Waals surface area contributed by atoms with Crippen LogP contribution in [0.15, 0.2) is 4.47 Å². The number of H-pyrrole nitrogens is 1. The molecule has 0 unspecified atom stereocenters. The summed E-state index contributed by atoms with van der Waals surface area (Å²) < 4.78 is 5.67. The molecule has 4 heteroatoms. The molecule has 1 N–H and O–H groups in total. The zero-order valence-corrected chi connectivity index (χ0v) is 9.49. The third kappa shape index (κ3) is 1.94. The number of ether oxygens (including phenoxy) is 1. The van der Waals surface area contributed by atoms with Gasteiger partial charge in [-0.05, 0) is 42.3 Å². The Labute approximate surface area is 85.6 Å². The van der Waals surface area contributed by atoms with Gasteiger partial charge in [0.1, 0.15) is 5.69 Å². The van der Waals surface area contributed by atoms with Gasteiger partial charge < -0.3 is 9.72 Å². The monoisotopic (exact) mass is 245 g/mol. The van der Waals surface area contributed by atoms with E-state index in [4.69, 9.17) is 4.74 Å². The Morgan fingerprint density at radius 1 is 1.54 bits per heavy atom. The number of hydrogen-bond acceptors (Lipinski definition) is 2. The highest BCUT2D eigenvalue weighted by Crippen LogP contribution is 2.24. The molecular formula is C9H12BrNO2. The summed E-state index contributed by atoms with van der Waals surface area (Å²) in [5.41, 5.74) is 2.52. The molecule has 0 aliphatic heterocycles. The van der Waals surface area contributed by atoms with Crippen molar-refractivity contribution in [1.29, 1.82) is 0 Å². The van der Waals surface area contributed by atoms with Crippen molar-refractivity contribution in [3.8, 4) is 0 Å². The Kier molecular flexibility index (Phi) is 3.14. The molecule has 0 aliphatic carbocycles. The van der Waals surface area contributed by atoms with Crippen LogP contribution in [0.4, 0.5) is 0 Å². The van der Waals surface area contributed by atoms with Gasteiger partial charge in [0.25, 0.3) is 0 Å². The molecule has 72 valence electrons. The topological polar surface area (TPSA) is 42.1 Å². The summed E-state index contributed by atoms with van der Waals surface area (Å²) in [6, 6.07) is 0. The largest absolute Gasteiger partial charge is 0.461 e. The third-order valence-corrected chi connectivity index (χ3v) is 2.89. The Morgan fingerprint density at radius 2 is 2.15 bits per heavy atom. The van der Waals surface area contributed by atoms with E-state index in [2.05, 4.69) is 20.9 Å². The highest BCUT2D eigenvalue weighted by atomic mass is 79.9. The summed E-state index contributed by atoms with van der Waals surface area (Å²) in [5, 5.41) is 0. The van der Waals surface area contributed by atoms with Crippen molar-refractivity contribution in [2.24, 2.45) is 0 Å². The maximum Gasteiger partial charge on any atom is 0.355 e. The van der Waals surface area contributed by atoms with Crippen LogP contribution in [0.3, 0.4) is 0 Å². The zero-order chi connectivity index (χ0) is 10.0. The highest BCUT2D eigenvalue weighted by Gasteiger charge is 2.16. The van der Waals surface area contributed by atoms with Crippen LogP contribution in [-0.4, -0.2) is 17.6 Å². The van der Waals surface area contributed by atoms with Crippen LogP contribution in [0, 0.1) is 13.8 Å². The second-order valence-corrected chi connectivity index (χ2v) is 3.58. The van der Waals surface area contributed by atoms with E-state index in [1.165, 1.54) is 0 Å². The Hall–Kier alpha value is -0.770. The van der Waals surface area contributed by atoms with Crippen molar-refractivity contribution in [1.82, 2.24) is 4.98 Å². The van der Waals surface area contributed by atoms with E-state index in [-0.39, 0.29) is 5.97 Å². The van der Waals surface area contributed by atoms with E-state index in [0.29, 0.717) is 12.3 Å². The molecule has 0 aliphatic rings. The molecule has 0 saturated heterocycles. The summed E-state index contributed by atoms with van der Waals surface area (Å²) in [4.78, 5) is 14.3. The normalized spacial score (nSPS) is 10.2. The number of carbonyl (C=O) groups excluding carboxylic acids is 1. The molecule has 0 saturated carbocycles. The molecule has 0 bridgehead atoms. The van der Waals surface area contributed by atoms with E-state index < -0.39 is 0 Å². The van der Waals surface area contributed by atoms with Gasteiger partial charge in [-0.1, -0.05) is 0 Å². The van der Waals surface area contributed by atoms with Crippen LogP contribution in [0.25, 0.3) is 0 Å². The SMILES string of the molecule is CCOC(=O)c1[nH]c(C)c(C)c1Br. The number of esters is 1. The minimum atomic E-state index is -0.314. The standard InChI is InChI=1S/C9H12BrNO2/c1-4-13-9(12)8-7(10)5(2)6(3)11-8/h11H,4H2,1-3H3. The molecule has 0 amide bonds. The Morgan fingerprint density at radius 3 is 2.54 bits per heavy atom. The van der Waals surface area contributed by atoms with E-state index in [1.54, 1.807) is 6.92 Å². The highest BCUT2D eigenvalue weighted by molar-refractivity contribution is 9.10. The average Bonchev–Trinajstić information content (AvgIpc) is 2.33. The average molecular weight is 246 g/mol. The number of aryl methyl sites for hydroxylation is 1. The number of nitrogens with one attached hydrogen (secondary N) is 1. The number of hydrogen-bond donors (Lipinski definition) is 1. The van der Waals surface area contributed by atoms with Crippen molar-refractivity contribution < 1.29 is 9.53 Å². The summed E-state index contributed by atoms with van der Waals surface area (Å²) >= 11 is 3.34. The molecule has 1 heterocycles. The van der Waals surface area contributed by atoms with Crippen molar-refractivity contribution in [3.05, 3.63) is 21.4 Å². The molecule has 0 fully saturated rings. The summed E-state index contributed by atoms with van der Waals surface area (Å²) in [6.45, 7) is 6.04. The Balaban J connectivity index is 3.01. The van der Waals surface area contributed by atoms with Gasteiger partial charge in [-0.25, -0.2) is 4.79 Å². The van der Waals surface area contributed by atoms with Crippen LogP contribution in [0.2, 0.25) is 0 Å². The molecule has 0 atom stereocenters. The van der Waals surface area contributed by atoms with Crippen LogP contribution in [0.5, 0.6) is 0 Å². The molecule has 0 aromatic carbocycles. The first kappa shape index (κ1) is 10.3. The van der Waals surface area contributed by atoms with Crippen LogP contribution < -0.4 is 0 Å². The minimum Gasteiger partial charge on any atom is -0.461 e. The van der Waals surface area contributed by atoms with E-state index >= 15 is 0 Å². The lowest BCUT2D eigenvalue weighted by Gasteiger charge is -1.98. The maximum absolute atomic E-state index is 11.3. The fourth-order valence-electron chi connectivity index (χ4n) is 1.03. The zero-order valence-electron chi connectivity index (χ0n) is 7.90. The lowest BCUT2D eigenvalue weighted by Crippen LogP contribution is -2.05. The minimum absolute atomic E-state index is 0.314. The second-order valence-electron chi connectivity index (χ2n) is 2.78. The molecule has 3 nitrogen and oxygen atoms in total. The predicted molar refractivity (Wildman–Crippen MR) is 53.9 cm³/mol. The van der Waals surface area contributed by atoms with Gasteiger partial charge in [0, 0.05) is 5.69 Å². The molecular weight excluding hydrogens is 234 g/mol. The van der Waals surface area contributed by atoms with Crippen molar-refractivity contribution in [2.75, 3.05) is 6.61 Å². The van der Waals surface area contributed by atoms with Crippen LogP contribution in [-0.2, 0) is 4.74 Å². The quantitative estimate of drug-likeness (QED) is 0.815.